The van der Waals surface area contributed by atoms with Crippen molar-refractivity contribution < 1.29 is 23.7 Å². The normalized spacial score (nSPS) is 17.4. The highest BCUT2D eigenvalue weighted by Crippen LogP contribution is 2.46. The lowest BCUT2D eigenvalue weighted by Crippen LogP contribution is -2.41. The Balaban J connectivity index is 1.98. The fraction of sp³-hybridized carbons (Fsp3) is 0.560. The Morgan fingerprint density at radius 1 is 1.20 bits per heavy atom. The molecule has 1 aliphatic heterocycles. The van der Waals surface area contributed by atoms with Crippen molar-refractivity contribution in [3.05, 3.63) is 36.2 Å². The van der Waals surface area contributed by atoms with Gasteiger partial charge in [0.1, 0.15) is 0 Å². The summed E-state index contributed by atoms with van der Waals surface area (Å²) in [6, 6.07) is 6.61. The minimum absolute atomic E-state index is 0.0700. The average molecular weight is 507 g/mol. The van der Waals surface area contributed by atoms with E-state index in [9.17, 15) is 19.0 Å². The Bertz CT molecular complexity index is 963. The molecule has 1 atom stereocenters. The van der Waals surface area contributed by atoms with Gasteiger partial charge in [-0.25, -0.2) is 9.97 Å². The molecule has 35 heavy (non-hydrogen) atoms. The Hall–Kier alpha value is -2.56. The van der Waals surface area contributed by atoms with E-state index in [1.165, 1.54) is 0 Å². The van der Waals surface area contributed by atoms with Crippen LogP contribution in [-0.4, -0.2) is 60.8 Å². The zero-order valence-corrected chi connectivity index (χ0v) is 21.6. The maximum absolute atomic E-state index is 11.4. The van der Waals surface area contributed by atoms with Crippen molar-refractivity contribution in [1.82, 2.24) is 9.97 Å². The molecule has 1 aromatic heterocycles. The molecule has 2 aromatic rings. The van der Waals surface area contributed by atoms with Gasteiger partial charge in [0.25, 0.3) is 0 Å². The SMILES string of the molecule is CCCN(c1ccc(C(CC)CC(=O)O)cc1Nc1cnc(OCC)nc1)C1CCS(O)(O)CC1. The molecule has 1 saturated heterocycles. The maximum atomic E-state index is 11.4. The largest absolute Gasteiger partial charge is 0.481 e. The molecular formula is C25H38N4O5S. The summed E-state index contributed by atoms with van der Waals surface area (Å²) in [5.74, 6) is -0.0747. The predicted octanol–water partition coefficient (Wildman–Crippen LogP) is 5.72. The summed E-state index contributed by atoms with van der Waals surface area (Å²) in [5, 5.41) is 12.8. The zero-order valence-electron chi connectivity index (χ0n) is 20.8. The third-order valence-corrected chi connectivity index (χ3v) is 8.14. The lowest BCUT2D eigenvalue weighted by Gasteiger charge is -2.44. The number of aromatic nitrogens is 2. The first-order valence-corrected chi connectivity index (χ1v) is 14.2. The second-order valence-corrected chi connectivity index (χ2v) is 11.3. The number of carboxylic acid groups (broad SMARTS) is 1. The third kappa shape index (κ3) is 7.46. The van der Waals surface area contributed by atoms with Crippen LogP contribution >= 0.6 is 10.6 Å². The Morgan fingerprint density at radius 2 is 1.89 bits per heavy atom. The molecule has 1 fully saturated rings. The number of ether oxygens (including phenoxy) is 1. The van der Waals surface area contributed by atoms with Crippen LogP contribution in [0.4, 0.5) is 17.1 Å². The molecule has 9 nitrogen and oxygen atoms in total. The van der Waals surface area contributed by atoms with Gasteiger partial charge in [-0.05, 0) is 56.2 Å². The minimum Gasteiger partial charge on any atom is -0.481 e. The first-order valence-electron chi connectivity index (χ1n) is 12.3. The van der Waals surface area contributed by atoms with Crippen molar-refractivity contribution in [2.24, 2.45) is 0 Å². The maximum Gasteiger partial charge on any atom is 0.316 e. The number of anilines is 3. The van der Waals surface area contributed by atoms with Crippen molar-refractivity contribution >= 4 is 33.6 Å². The van der Waals surface area contributed by atoms with Gasteiger partial charge in [0.2, 0.25) is 0 Å². The summed E-state index contributed by atoms with van der Waals surface area (Å²) in [6.45, 7) is 7.31. The predicted molar refractivity (Wildman–Crippen MR) is 141 cm³/mol. The standard InChI is InChI=1S/C25H38N4O5S/c1-4-11-29(21-9-12-35(32,33)13-10-21)23-8-7-19(18(5-2)15-24(30)31)14-22(23)28-20-16-26-25(27-17-20)34-6-3/h7-8,14,16-18,21,28,32-33H,4-6,9-13,15H2,1-3H3,(H,30,31). The molecule has 0 aliphatic carbocycles. The van der Waals surface area contributed by atoms with E-state index in [-0.39, 0.29) is 18.4 Å². The highest BCUT2D eigenvalue weighted by Gasteiger charge is 2.29. The van der Waals surface area contributed by atoms with Gasteiger partial charge in [-0.15, -0.1) is 0 Å². The second kappa shape index (κ2) is 12.4. The quantitative estimate of drug-likeness (QED) is 0.286. The van der Waals surface area contributed by atoms with E-state index in [4.69, 9.17) is 4.74 Å². The Labute approximate surface area is 209 Å². The van der Waals surface area contributed by atoms with Crippen LogP contribution in [0.25, 0.3) is 0 Å². The minimum atomic E-state index is -2.47. The number of nitrogens with zero attached hydrogens (tertiary/aromatic N) is 3. The zero-order chi connectivity index (χ0) is 25.4. The van der Waals surface area contributed by atoms with Gasteiger partial charge < -0.3 is 20.1 Å². The fourth-order valence-corrected chi connectivity index (χ4v) is 6.06. The lowest BCUT2D eigenvalue weighted by atomic mass is 9.92. The molecule has 1 unspecified atom stereocenters. The summed E-state index contributed by atoms with van der Waals surface area (Å²) in [4.78, 5) is 22.3. The van der Waals surface area contributed by atoms with Crippen molar-refractivity contribution in [2.75, 3.05) is 34.9 Å². The van der Waals surface area contributed by atoms with Crippen LogP contribution in [-0.2, 0) is 4.79 Å². The van der Waals surface area contributed by atoms with Crippen LogP contribution in [0.2, 0.25) is 0 Å². The van der Waals surface area contributed by atoms with Crippen molar-refractivity contribution in [3.8, 4) is 6.01 Å². The van der Waals surface area contributed by atoms with Crippen LogP contribution in [0.1, 0.15) is 64.4 Å². The summed E-state index contributed by atoms with van der Waals surface area (Å²) in [5.41, 5.74) is 3.51. The molecular weight excluding hydrogens is 468 g/mol. The number of benzene rings is 1. The van der Waals surface area contributed by atoms with Crippen molar-refractivity contribution in [3.63, 3.8) is 0 Å². The average Bonchev–Trinajstić information content (AvgIpc) is 2.83. The van der Waals surface area contributed by atoms with E-state index in [2.05, 4.69) is 33.2 Å². The molecule has 10 heteroatoms. The van der Waals surface area contributed by atoms with Gasteiger partial charge >= 0.3 is 12.0 Å². The summed E-state index contributed by atoms with van der Waals surface area (Å²) < 4.78 is 25.6. The Kier molecular flexibility index (Phi) is 9.59. The van der Waals surface area contributed by atoms with Gasteiger partial charge in [-0.1, -0.05) is 19.9 Å². The van der Waals surface area contributed by atoms with E-state index < -0.39 is 16.6 Å². The molecule has 2 heterocycles. The van der Waals surface area contributed by atoms with E-state index in [0.717, 1.165) is 36.3 Å². The first-order chi connectivity index (χ1) is 16.8. The number of carbonyl (C=O) groups is 1. The molecule has 0 spiro atoms. The van der Waals surface area contributed by atoms with Gasteiger partial charge in [-0.3, -0.25) is 13.9 Å². The number of carboxylic acids is 1. The topological polar surface area (TPSA) is 128 Å². The molecule has 0 amide bonds. The molecule has 4 N–H and O–H groups in total. The van der Waals surface area contributed by atoms with Crippen LogP contribution < -0.4 is 15.0 Å². The van der Waals surface area contributed by atoms with Crippen molar-refractivity contribution in [1.29, 1.82) is 0 Å². The van der Waals surface area contributed by atoms with Gasteiger partial charge in [0, 0.05) is 24.1 Å². The van der Waals surface area contributed by atoms with Crippen molar-refractivity contribution in [2.45, 2.75) is 64.8 Å². The summed E-state index contributed by atoms with van der Waals surface area (Å²) >= 11 is 0. The van der Waals surface area contributed by atoms with Crippen LogP contribution in [0.15, 0.2) is 30.6 Å². The second-order valence-electron chi connectivity index (χ2n) is 8.93. The van der Waals surface area contributed by atoms with Gasteiger partial charge in [0.05, 0.1) is 42.5 Å². The summed E-state index contributed by atoms with van der Waals surface area (Å²) in [6.07, 6.45) is 6.50. The number of rotatable bonds is 12. The Morgan fingerprint density at radius 3 is 2.46 bits per heavy atom. The van der Waals surface area contributed by atoms with E-state index in [1.54, 1.807) is 12.4 Å². The van der Waals surface area contributed by atoms with E-state index in [0.29, 0.717) is 42.7 Å². The molecule has 1 aliphatic rings. The highest BCUT2D eigenvalue weighted by atomic mass is 32.3. The number of nitrogens with one attached hydrogen (secondary N) is 1. The molecule has 3 rings (SSSR count). The van der Waals surface area contributed by atoms with Gasteiger partial charge in [0.15, 0.2) is 0 Å². The van der Waals surface area contributed by atoms with Gasteiger partial charge in [-0.2, -0.15) is 10.6 Å². The number of hydrogen-bond donors (Lipinski definition) is 4. The van der Waals surface area contributed by atoms with Crippen LogP contribution in [0, 0.1) is 0 Å². The monoisotopic (exact) mass is 506 g/mol. The molecule has 194 valence electrons. The molecule has 0 radical (unpaired) electrons. The van der Waals surface area contributed by atoms with Crippen LogP contribution in [0.5, 0.6) is 6.01 Å². The molecule has 0 bridgehead atoms. The molecule has 1 aromatic carbocycles. The van der Waals surface area contributed by atoms with E-state index >= 15 is 0 Å². The third-order valence-electron chi connectivity index (χ3n) is 6.36. The first kappa shape index (κ1) is 27.0. The van der Waals surface area contributed by atoms with Crippen LogP contribution in [0.3, 0.4) is 0 Å². The fourth-order valence-electron chi connectivity index (χ4n) is 4.55. The lowest BCUT2D eigenvalue weighted by molar-refractivity contribution is -0.137. The number of hydrogen-bond acceptors (Lipinski definition) is 8. The molecule has 0 saturated carbocycles. The highest BCUT2D eigenvalue weighted by molar-refractivity contribution is 8.24. The smallest absolute Gasteiger partial charge is 0.316 e. The van der Waals surface area contributed by atoms with E-state index in [1.807, 2.05) is 26.0 Å². The number of aliphatic carboxylic acids is 1. The summed E-state index contributed by atoms with van der Waals surface area (Å²) in [7, 11) is -2.47.